The summed E-state index contributed by atoms with van der Waals surface area (Å²) in [5.41, 5.74) is 0.300. The summed E-state index contributed by atoms with van der Waals surface area (Å²) < 4.78 is 14.0. The van der Waals surface area contributed by atoms with Gasteiger partial charge in [0.15, 0.2) is 11.8 Å². The first-order valence-electron chi connectivity index (χ1n) is 11.3. The van der Waals surface area contributed by atoms with E-state index in [-0.39, 0.29) is 30.1 Å². The Labute approximate surface area is 196 Å². The van der Waals surface area contributed by atoms with Gasteiger partial charge in [-0.05, 0) is 39.0 Å². The zero-order valence-electron chi connectivity index (χ0n) is 18.1. The quantitative estimate of drug-likeness (QED) is 0.346. The topological polar surface area (TPSA) is 85.6 Å². The van der Waals surface area contributed by atoms with Crippen LogP contribution in [-0.2, 0) is 23.1 Å². The number of halogens is 1. The molecule has 2 saturated heterocycles. The lowest BCUT2D eigenvalue weighted by molar-refractivity contribution is -0.125. The summed E-state index contributed by atoms with van der Waals surface area (Å²) in [7, 11) is 1.99. The van der Waals surface area contributed by atoms with Crippen molar-refractivity contribution >= 4 is 29.9 Å². The van der Waals surface area contributed by atoms with E-state index in [4.69, 9.17) is 14.5 Å². The average Bonchev–Trinajstić information content (AvgIpc) is 3.50. The minimum atomic E-state index is 0. The van der Waals surface area contributed by atoms with Crippen LogP contribution in [-0.4, -0.2) is 58.7 Å². The molecule has 1 aromatic heterocycles. The largest absolute Gasteiger partial charge is 0.377 e. The van der Waals surface area contributed by atoms with Gasteiger partial charge in [0.25, 0.3) is 0 Å². The molecule has 1 spiro atoms. The van der Waals surface area contributed by atoms with Crippen molar-refractivity contribution < 1.29 is 9.47 Å². The minimum absolute atomic E-state index is 0. The first-order valence-corrected chi connectivity index (χ1v) is 11.3. The lowest BCUT2D eigenvalue weighted by atomic mass is 9.54. The van der Waals surface area contributed by atoms with Crippen molar-refractivity contribution in [3.8, 4) is 0 Å². The van der Waals surface area contributed by atoms with Crippen LogP contribution in [0.1, 0.15) is 56.6 Å². The standard InChI is InChI=1S/C21H34N6O2.HI/c1-14-25-26-17(27(14)2)13-23-20(22-12-15-6-5-10-28-15)24-18-16-7-11-29-19(16)21(18)8-3-4-9-21;/h15-16,18-19H,3-13H2,1-2H3,(H2,22,23,24);1H. The van der Waals surface area contributed by atoms with Crippen LogP contribution >= 0.6 is 24.0 Å². The van der Waals surface area contributed by atoms with E-state index in [0.29, 0.717) is 30.0 Å². The van der Waals surface area contributed by atoms with Gasteiger partial charge < -0.3 is 24.7 Å². The van der Waals surface area contributed by atoms with Crippen LogP contribution in [0.2, 0.25) is 0 Å². The molecule has 5 rings (SSSR count). The third-order valence-corrected chi connectivity index (χ3v) is 7.66. The molecule has 3 heterocycles. The highest BCUT2D eigenvalue weighted by Crippen LogP contribution is 2.60. The molecule has 4 aliphatic rings. The molecule has 0 radical (unpaired) electrons. The molecular formula is C21H35IN6O2. The van der Waals surface area contributed by atoms with E-state index in [1.165, 1.54) is 25.7 Å². The number of hydrogen-bond acceptors (Lipinski definition) is 5. The highest BCUT2D eigenvalue weighted by atomic mass is 127. The Morgan fingerprint density at radius 2 is 2.00 bits per heavy atom. The Morgan fingerprint density at radius 1 is 1.17 bits per heavy atom. The first-order chi connectivity index (χ1) is 14.2. The summed E-state index contributed by atoms with van der Waals surface area (Å²) in [6, 6.07) is 0.453. The number of guanidine groups is 1. The van der Waals surface area contributed by atoms with Gasteiger partial charge >= 0.3 is 0 Å². The van der Waals surface area contributed by atoms with Gasteiger partial charge in [-0.15, -0.1) is 34.2 Å². The number of nitrogens with zero attached hydrogens (tertiary/aromatic N) is 4. The second kappa shape index (κ2) is 9.28. The predicted molar refractivity (Wildman–Crippen MR) is 125 cm³/mol. The third-order valence-electron chi connectivity index (χ3n) is 7.66. The van der Waals surface area contributed by atoms with E-state index in [9.17, 15) is 0 Å². The van der Waals surface area contributed by atoms with Crippen molar-refractivity contribution in [2.45, 2.75) is 76.7 Å². The molecular weight excluding hydrogens is 495 g/mol. The SMILES string of the molecule is Cc1nnc(CN=C(NCC2CCCO2)NC2C3CCOC3C23CCCC3)n1C.I. The van der Waals surface area contributed by atoms with E-state index < -0.39 is 0 Å². The molecule has 2 aliphatic carbocycles. The van der Waals surface area contributed by atoms with Crippen molar-refractivity contribution in [3.63, 3.8) is 0 Å². The summed E-state index contributed by atoms with van der Waals surface area (Å²) in [5.74, 6) is 3.28. The Bertz CT molecular complexity index is 757. The van der Waals surface area contributed by atoms with Gasteiger partial charge in [-0.1, -0.05) is 12.8 Å². The molecule has 8 nitrogen and oxygen atoms in total. The summed E-state index contributed by atoms with van der Waals surface area (Å²) in [6.07, 6.45) is 9.34. The van der Waals surface area contributed by atoms with Crippen LogP contribution in [0.15, 0.2) is 4.99 Å². The fourth-order valence-corrected chi connectivity index (χ4v) is 5.96. The molecule has 168 valence electrons. The van der Waals surface area contributed by atoms with Crippen LogP contribution in [0.4, 0.5) is 0 Å². The van der Waals surface area contributed by atoms with Crippen molar-refractivity contribution in [1.82, 2.24) is 25.4 Å². The third kappa shape index (κ3) is 3.97. The first kappa shape index (κ1) is 22.3. The molecule has 0 bridgehead atoms. The molecule has 4 atom stereocenters. The van der Waals surface area contributed by atoms with E-state index >= 15 is 0 Å². The van der Waals surface area contributed by atoms with Gasteiger partial charge in [-0.2, -0.15) is 0 Å². The number of ether oxygens (including phenoxy) is 2. The monoisotopic (exact) mass is 530 g/mol. The number of aryl methyl sites for hydroxylation is 1. The summed E-state index contributed by atoms with van der Waals surface area (Å²) in [4.78, 5) is 4.89. The molecule has 2 saturated carbocycles. The fraction of sp³-hybridized carbons (Fsp3) is 0.857. The number of nitrogens with one attached hydrogen (secondary N) is 2. The fourth-order valence-electron chi connectivity index (χ4n) is 5.96. The molecule has 0 amide bonds. The zero-order valence-corrected chi connectivity index (χ0v) is 20.4. The smallest absolute Gasteiger partial charge is 0.192 e. The molecule has 0 aromatic carbocycles. The highest BCUT2D eigenvalue weighted by Gasteiger charge is 2.65. The Balaban J connectivity index is 0.00000218. The number of fused-ring (bicyclic) bond motifs is 2. The van der Waals surface area contributed by atoms with Crippen LogP contribution in [0.25, 0.3) is 0 Å². The Morgan fingerprint density at radius 3 is 2.70 bits per heavy atom. The van der Waals surface area contributed by atoms with E-state index in [1.807, 2.05) is 18.5 Å². The van der Waals surface area contributed by atoms with Gasteiger partial charge in [0.2, 0.25) is 0 Å². The zero-order chi connectivity index (χ0) is 19.8. The Kier molecular flexibility index (Phi) is 6.88. The molecule has 4 unspecified atom stereocenters. The molecule has 4 fully saturated rings. The lowest BCUT2D eigenvalue weighted by Gasteiger charge is -2.57. The van der Waals surface area contributed by atoms with Crippen molar-refractivity contribution in [1.29, 1.82) is 0 Å². The Hall–Kier alpha value is -0.940. The maximum Gasteiger partial charge on any atom is 0.192 e. The lowest BCUT2D eigenvalue weighted by Crippen LogP contribution is -2.69. The van der Waals surface area contributed by atoms with Crippen molar-refractivity contribution in [2.24, 2.45) is 23.4 Å². The molecule has 2 N–H and O–H groups in total. The van der Waals surface area contributed by atoms with Gasteiger partial charge in [0.1, 0.15) is 12.4 Å². The van der Waals surface area contributed by atoms with E-state index in [1.54, 1.807) is 0 Å². The second-order valence-corrected chi connectivity index (χ2v) is 9.21. The van der Waals surface area contributed by atoms with Gasteiger partial charge in [-0.25, -0.2) is 4.99 Å². The van der Waals surface area contributed by atoms with E-state index in [2.05, 4.69) is 20.8 Å². The number of aliphatic imine (C=N–C) groups is 1. The minimum Gasteiger partial charge on any atom is -0.377 e. The van der Waals surface area contributed by atoms with Gasteiger partial charge in [0, 0.05) is 44.2 Å². The summed E-state index contributed by atoms with van der Waals surface area (Å²) in [6.45, 7) is 5.06. The van der Waals surface area contributed by atoms with Crippen LogP contribution in [0.5, 0.6) is 0 Å². The highest BCUT2D eigenvalue weighted by molar-refractivity contribution is 14.0. The summed E-state index contributed by atoms with van der Waals surface area (Å²) in [5, 5.41) is 15.8. The molecule has 2 aliphatic heterocycles. The maximum atomic E-state index is 6.15. The van der Waals surface area contributed by atoms with Crippen LogP contribution in [0, 0.1) is 18.3 Å². The number of rotatable bonds is 5. The van der Waals surface area contributed by atoms with Crippen molar-refractivity contribution in [2.75, 3.05) is 19.8 Å². The number of aromatic nitrogens is 3. The molecule has 9 heteroatoms. The summed E-state index contributed by atoms with van der Waals surface area (Å²) >= 11 is 0. The average molecular weight is 530 g/mol. The number of hydrogen-bond donors (Lipinski definition) is 2. The van der Waals surface area contributed by atoms with Crippen molar-refractivity contribution in [3.05, 3.63) is 11.6 Å². The predicted octanol–water partition coefficient (Wildman–Crippen LogP) is 2.30. The molecule has 30 heavy (non-hydrogen) atoms. The maximum absolute atomic E-state index is 6.15. The second-order valence-electron chi connectivity index (χ2n) is 9.21. The van der Waals surface area contributed by atoms with Crippen LogP contribution < -0.4 is 10.6 Å². The van der Waals surface area contributed by atoms with E-state index in [0.717, 1.165) is 56.6 Å². The molecule has 1 aromatic rings. The normalized spacial score (nSPS) is 32.0. The van der Waals surface area contributed by atoms with Gasteiger partial charge in [-0.3, -0.25) is 0 Å². The van der Waals surface area contributed by atoms with Crippen LogP contribution in [0.3, 0.4) is 0 Å². The van der Waals surface area contributed by atoms with Gasteiger partial charge in [0.05, 0.1) is 12.2 Å².